The number of fused-ring (bicyclic) bond motifs is 2. The minimum Gasteiger partial charge on any atom is -0.509 e. The van der Waals surface area contributed by atoms with E-state index in [9.17, 15) is 9.90 Å². The second kappa shape index (κ2) is 3.31. The molecule has 0 saturated carbocycles. The van der Waals surface area contributed by atoms with E-state index in [-0.39, 0.29) is 24.8 Å². The fourth-order valence-electron chi connectivity index (χ4n) is 1.84. The normalized spacial score (nSPS) is 18.2. The first-order chi connectivity index (χ1) is 7.75. The van der Waals surface area contributed by atoms with Gasteiger partial charge < -0.3 is 14.6 Å². The van der Waals surface area contributed by atoms with Crippen LogP contribution >= 0.6 is 0 Å². The van der Waals surface area contributed by atoms with Crippen molar-refractivity contribution in [2.45, 2.75) is 6.61 Å². The predicted octanol–water partition coefficient (Wildman–Crippen LogP) is -0.771. The van der Waals surface area contributed by atoms with Crippen LogP contribution in [0.15, 0.2) is 6.07 Å². The van der Waals surface area contributed by atoms with Gasteiger partial charge in [0.2, 0.25) is 5.78 Å². The quantitative estimate of drug-likeness (QED) is 0.620. The molecule has 3 rings (SSSR count). The maximum atomic E-state index is 11.6. The number of rotatable bonds is 0. The van der Waals surface area contributed by atoms with E-state index in [1.54, 1.807) is 6.07 Å². The Labute approximate surface area is 90.6 Å². The van der Waals surface area contributed by atoms with Crippen LogP contribution in [-0.4, -0.2) is 29.1 Å². The summed E-state index contributed by atoms with van der Waals surface area (Å²) >= 11 is 0. The van der Waals surface area contributed by atoms with E-state index in [0.717, 1.165) is 0 Å². The zero-order valence-corrected chi connectivity index (χ0v) is 8.40. The smallest absolute Gasteiger partial charge is 0.202 e. The molecule has 0 spiro atoms. The van der Waals surface area contributed by atoms with Gasteiger partial charge in [-0.1, -0.05) is 0 Å². The Kier molecular flexibility index (Phi) is 1.94. The van der Waals surface area contributed by atoms with Crippen molar-refractivity contribution in [3.05, 3.63) is 27.9 Å². The summed E-state index contributed by atoms with van der Waals surface area (Å²) < 4.78 is 10.1. The van der Waals surface area contributed by atoms with Gasteiger partial charge in [-0.2, -0.15) is 0 Å². The van der Waals surface area contributed by atoms with Gasteiger partial charge in [0.1, 0.15) is 24.0 Å². The lowest BCUT2D eigenvalue weighted by Gasteiger charge is -2.15. The SMILES string of the molecule is O=C1COC=c2nc3c(cc21)=C(O)COC3. The van der Waals surface area contributed by atoms with E-state index in [4.69, 9.17) is 9.47 Å². The average molecular weight is 219 g/mol. The Morgan fingerprint density at radius 3 is 3.06 bits per heavy atom. The highest BCUT2D eigenvalue weighted by Crippen LogP contribution is 2.04. The summed E-state index contributed by atoms with van der Waals surface area (Å²) in [5, 5.41) is 10.8. The molecule has 0 atom stereocenters. The molecule has 1 N–H and O–H groups in total. The lowest BCUT2D eigenvalue weighted by atomic mass is 10.1. The third-order valence-corrected chi connectivity index (χ3v) is 2.63. The van der Waals surface area contributed by atoms with Crippen LogP contribution < -0.4 is 10.6 Å². The third-order valence-electron chi connectivity index (χ3n) is 2.63. The highest BCUT2D eigenvalue weighted by Gasteiger charge is 2.18. The van der Waals surface area contributed by atoms with E-state index in [0.29, 0.717) is 28.4 Å². The minimum absolute atomic E-state index is 0.0325. The van der Waals surface area contributed by atoms with Crippen molar-refractivity contribution < 1.29 is 19.4 Å². The molecule has 0 bridgehead atoms. The lowest BCUT2D eigenvalue weighted by Crippen LogP contribution is -2.35. The molecule has 1 aromatic rings. The first kappa shape index (κ1) is 9.35. The van der Waals surface area contributed by atoms with Gasteiger partial charge >= 0.3 is 0 Å². The Bertz CT molecular complexity index is 591. The molecule has 0 unspecified atom stereocenters. The molecule has 82 valence electrons. The maximum Gasteiger partial charge on any atom is 0.202 e. The maximum absolute atomic E-state index is 11.6. The standard InChI is InChI=1S/C11H9NO4/c13-10-4-15-2-8-6(10)1-7-9(12-8)3-16-5-11(7)14/h1-2,14H,3-5H2. The molecule has 2 aliphatic rings. The van der Waals surface area contributed by atoms with Gasteiger partial charge in [0.15, 0.2) is 6.61 Å². The molecule has 0 amide bonds. The van der Waals surface area contributed by atoms with Crippen LogP contribution in [0.5, 0.6) is 0 Å². The van der Waals surface area contributed by atoms with Gasteiger partial charge in [-0.05, 0) is 6.07 Å². The second-order valence-corrected chi connectivity index (χ2v) is 3.71. The van der Waals surface area contributed by atoms with Gasteiger partial charge in [0, 0.05) is 5.22 Å². The minimum atomic E-state index is -0.118. The van der Waals surface area contributed by atoms with E-state index < -0.39 is 0 Å². The summed E-state index contributed by atoms with van der Waals surface area (Å²) in [7, 11) is 0. The topological polar surface area (TPSA) is 68.7 Å². The lowest BCUT2D eigenvalue weighted by molar-refractivity contribution is 0.0893. The summed E-state index contributed by atoms with van der Waals surface area (Å²) in [5.41, 5.74) is 1.13. The molecule has 0 radical (unpaired) electrons. The number of ether oxygens (including phenoxy) is 2. The summed E-state index contributed by atoms with van der Waals surface area (Å²) in [5.74, 6) is 0.00272. The summed E-state index contributed by atoms with van der Waals surface area (Å²) in [6.45, 7) is 0.543. The van der Waals surface area contributed by atoms with E-state index >= 15 is 0 Å². The molecule has 2 aliphatic heterocycles. The first-order valence-corrected chi connectivity index (χ1v) is 4.90. The first-order valence-electron chi connectivity index (χ1n) is 4.90. The van der Waals surface area contributed by atoms with E-state index in [2.05, 4.69) is 4.98 Å². The van der Waals surface area contributed by atoms with Gasteiger partial charge in [-0.3, -0.25) is 4.79 Å². The van der Waals surface area contributed by atoms with Crippen LogP contribution in [0, 0.1) is 0 Å². The number of Topliss-reactive ketones (excluding diaryl/α,β-unsaturated/α-hetero) is 1. The van der Waals surface area contributed by atoms with Gasteiger partial charge in [0.05, 0.1) is 17.9 Å². The van der Waals surface area contributed by atoms with Gasteiger partial charge in [0.25, 0.3) is 0 Å². The number of ketones is 1. The monoisotopic (exact) mass is 219 g/mol. The number of carbonyl (C=O) groups excluding carboxylic acids is 1. The highest BCUT2D eigenvalue weighted by molar-refractivity contribution is 5.98. The van der Waals surface area contributed by atoms with Crippen molar-refractivity contribution in [1.82, 2.24) is 4.98 Å². The number of hydrogen-bond acceptors (Lipinski definition) is 5. The van der Waals surface area contributed by atoms with Crippen molar-refractivity contribution >= 4 is 17.8 Å². The largest absolute Gasteiger partial charge is 0.509 e. The summed E-state index contributed by atoms with van der Waals surface area (Å²) in [6.07, 6.45) is 1.46. The summed E-state index contributed by atoms with van der Waals surface area (Å²) in [6, 6.07) is 1.66. The zero-order valence-electron chi connectivity index (χ0n) is 8.40. The van der Waals surface area contributed by atoms with E-state index in [1.165, 1.54) is 6.26 Å². The van der Waals surface area contributed by atoms with Crippen LogP contribution in [0.25, 0.3) is 12.0 Å². The number of pyridine rings is 1. The van der Waals surface area contributed by atoms with Crippen molar-refractivity contribution in [1.29, 1.82) is 0 Å². The summed E-state index contributed by atoms with van der Waals surface area (Å²) in [4.78, 5) is 15.8. The number of hydrogen-bond donors (Lipinski definition) is 1. The third kappa shape index (κ3) is 1.29. The molecule has 1 aromatic heterocycles. The molecular formula is C11H9NO4. The van der Waals surface area contributed by atoms with Crippen LogP contribution in [0.2, 0.25) is 0 Å². The number of carbonyl (C=O) groups is 1. The predicted molar refractivity (Wildman–Crippen MR) is 53.9 cm³/mol. The Morgan fingerprint density at radius 1 is 1.31 bits per heavy atom. The molecule has 16 heavy (non-hydrogen) atoms. The number of aliphatic hydroxyl groups excluding tert-OH is 1. The number of aromatic nitrogens is 1. The van der Waals surface area contributed by atoms with Crippen LogP contribution in [0.4, 0.5) is 0 Å². The zero-order chi connectivity index (χ0) is 11.1. The van der Waals surface area contributed by atoms with Crippen molar-refractivity contribution in [2.24, 2.45) is 0 Å². The van der Waals surface area contributed by atoms with Gasteiger partial charge in [-0.15, -0.1) is 0 Å². The molecule has 0 fully saturated rings. The van der Waals surface area contributed by atoms with E-state index in [1.807, 2.05) is 0 Å². The Morgan fingerprint density at radius 2 is 2.19 bits per heavy atom. The van der Waals surface area contributed by atoms with Gasteiger partial charge in [-0.25, -0.2) is 4.98 Å². The molecule has 5 nitrogen and oxygen atoms in total. The van der Waals surface area contributed by atoms with Crippen LogP contribution in [0.1, 0.15) is 16.1 Å². The molecule has 0 aromatic carbocycles. The van der Waals surface area contributed by atoms with Crippen LogP contribution in [-0.2, 0) is 16.1 Å². The van der Waals surface area contributed by atoms with Crippen LogP contribution in [0.3, 0.4) is 0 Å². The van der Waals surface area contributed by atoms with Crippen molar-refractivity contribution in [2.75, 3.05) is 13.2 Å². The highest BCUT2D eigenvalue weighted by atomic mass is 16.5. The molecule has 0 saturated heterocycles. The Hall–Kier alpha value is -1.88. The molecule has 5 heteroatoms. The molecule has 0 aliphatic carbocycles. The number of nitrogens with zero attached hydrogens (tertiary/aromatic N) is 1. The fraction of sp³-hybridized carbons (Fsp3) is 0.273. The second-order valence-electron chi connectivity index (χ2n) is 3.71. The van der Waals surface area contributed by atoms with Crippen molar-refractivity contribution in [3.63, 3.8) is 0 Å². The molecular weight excluding hydrogens is 210 g/mol. The number of aliphatic hydroxyl groups is 1. The van der Waals surface area contributed by atoms with Crippen molar-refractivity contribution in [3.8, 4) is 0 Å². The Balaban J connectivity index is 2.37. The molecule has 3 heterocycles. The fourth-order valence-corrected chi connectivity index (χ4v) is 1.84. The average Bonchev–Trinajstić information content (AvgIpc) is 2.28.